The van der Waals surface area contributed by atoms with Crippen molar-refractivity contribution in [3.8, 4) is 0 Å². The van der Waals surface area contributed by atoms with Crippen molar-refractivity contribution < 1.29 is 9.53 Å². The van der Waals surface area contributed by atoms with Crippen molar-refractivity contribution in [1.82, 2.24) is 15.1 Å². The Balaban J connectivity index is 1.50. The molecular formula is C21H34N4O2S. The third-order valence-electron chi connectivity index (χ3n) is 5.92. The highest BCUT2D eigenvalue weighted by molar-refractivity contribution is 7.09. The van der Waals surface area contributed by atoms with Gasteiger partial charge in [0, 0.05) is 37.6 Å². The molecular weight excluding hydrogens is 372 g/mol. The average molecular weight is 407 g/mol. The first kappa shape index (κ1) is 21.1. The minimum absolute atomic E-state index is 0.0608. The van der Waals surface area contributed by atoms with Crippen LogP contribution in [0.2, 0.25) is 0 Å². The number of carbonyl (C=O) groups is 1. The van der Waals surface area contributed by atoms with Crippen molar-refractivity contribution >= 4 is 23.3 Å². The monoisotopic (exact) mass is 406 g/mol. The fraction of sp³-hybridized carbons (Fsp3) is 0.714. The molecule has 28 heavy (non-hydrogen) atoms. The van der Waals surface area contributed by atoms with Crippen LogP contribution in [-0.4, -0.2) is 68.1 Å². The summed E-state index contributed by atoms with van der Waals surface area (Å²) < 4.78 is 4.97. The maximum Gasteiger partial charge on any atom is 0.310 e. The predicted molar refractivity (Wildman–Crippen MR) is 115 cm³/mol. The van der Waals surface area contributed by atoms with Gasteiger partial charge in [-0.2, -0.15) is 0 Å². The number of ether oxygens (including phenoxy) is 1. The number of methoxy groups -OCH3 is 1. The molecule has 0 amide bonds. The molecule has 7 heteroatoms. The van der Waals surface area contributed by atoms with Gasteiger partial charge >= 0.3 is 5.97 Å². The Morgan fingerprint density at radius 3 is 2.79 bits per heavy atom. The summed E-state index contributed by atoms with van der Waals surface area (Å²) in [5.41, 5.74) is 0. The molecule has 0 saturated carbocycles. The Kier molecular flexibility index (Phi) is 7.73. The summed E-state index contributed by atoms with van der Waals surface area (Å²) in [4.78, 5) is 23.2. The van der Waals surface area contributed by atoms with Gasteiger partial charge in [-0.25, -0.2) is 0 Å². The van der Waals surface area contributed by atoms with E-state index in [1.54, 1.807) is 0 Å². The molecule has 2 unspecified atom stereocenters. The summed E-state index contributed by atoms with van der Waals surface area (Å²) in [5, 5.41) is 5.57. The van der Waals surface area contributed by atoms with Gasteiger partial charge in [-0.1, -0.05) is 13.0 Å². The van der Waals surface area contributed by atoms with Crippen LogP contribution in [0.4, 0.5) is 0 Å². The minimum Gasteiger partial charge on any atom is -0.469 e. The van der Waals surface area contributed by atoms with Crippen LogP contribution in [0.5, 0.6) is 0 Å². The topological polar surface area (TPSA) is 57.2 Å². The van der Waals surface area contributed by atoms with Crippen LogP contribution in [0.25, 0.3) is 0 Å². The van der Waals surface area contributed by atoms with Crippen LogP contribution in [0.15, 0.2) is 22.5 Å². The highest BCUT2D eigenvalue weighted by atomic mass is 32.1. The zero-order chi connectivity index (χ0) is 19.9. The van der Waals surface area contributed by atoms with Gasteiger partial charge in [-0.15, -0.1) is 11.3 Å². The highest BCUT2D eigenvalue weighted by Crippen LogP contribution is 2.25. The number of nitrogens with zero attached hydrogens (tertiary/aromatic N) is 3. The van der Waals surface area contributed by atoms with Crippen LogP contribution >= 0.6 is 11.3 Å². The lowest BCUT2D eigenvalue weighted by Crippen LogP contribution is -2.41. The van der Waals surface area contributed by atoms with E-state index in [1.165, 1.54) is 24.8 Å². The molecule has 0 aromatic carbocycles. The van der Waals surface area contributed by atoms with Crippen LogP contribution < -0.4 is 5.32 Å². The smallest absolute Gasteiger partial charge is 0.310 e. The van der Waals surface area contributed by atoms with Crippen molar-refractivity contribution in [2.24, 2.45) is 22.7 Å². The van der Waals surface area contributed by atoms with E-state index < -0.39 is 0 Å². The summed E-state index contributed by atoms with van der Waals surface area (Å²) in [5.74, 6) is 1.71. The van der Waals surface area contributed by atoms with E-state index in [4.69, 9.17) is 9.73 Å². The molecule has 2 aliphatic rings. The second kappa shape index (κ2) is 10.3. The normalized spacial score (nSPS) is 24.5. The Morgan fingerprint density at radius 1 is 1.36 bits per heavy atom. The number of thiophene rings is 1. The van der Waals surface area contributed by atoms with Crippen LogP contribution in [0.1, 0.15) is 31.6 Å². The Morgan fingerprint density at radius 2 is 2.14 bits per heavy atom. The maximum absolute atomic E-state index is 12.0. The minimum atomic E-state index is -0.107. The molecule has 3 rings (SSSR count). The van der Waals surface area contributed by atoms with E-state index in [2.05, 4.69) is 46.5 Å². The molecule has 2 aliphatic heterocycles. The van der Waals surface area contributed by atoms with Gasteiger partial charge in [-0.3, -0.25) is 14.7 Å². The molecule has 0 bridgehead atoms. The molecule has 1 aromatic heterocycles. The second-order valence-electron chi connectivity index (χ2n) is 8.01. The van der Waals surface area contributed by atoms with Crippen molar-refractivity contribution in [2.45, 2.75) is 33.2 Å². The highest BCUT2D eigenvalue weighted by Gasteiger charge is 2.37. The molecule has 0 spiro atoms. The third kappa shape index (κ3) is 5.47. The molecule has 2 saturated heterocycles. The van der Waals surface area contributed by atoms with Crippen molar-refractivity contribution in [3.05, 3.63) is 22.4 Å². The van der Waals surface area contributed by atoms with Gasteiger partial charge in [0.1, 0.15) is 0 Å². The zero-order valence-corrected chi connectivity index (χ0v) is 18.2. The van der Waals surface area contributed by atoms with E-state index in [1.807, 2.05) is 11.3 Å². The van der Waals surface area contributed by atoms with E-state index in [-0.39, 0.29) is 17.8 Å². The lowest BCUT2D eigenvalue weighted by molar-refractivity contribution is -0.145. The van der Waals surface area contributed by atoms with Crippen molar-refractivity contribution in [2.75, 3.05) is 46.4 Å². The van der Waals surface area contributed by atoms with Crippen LogP contribution in [0.3, 0.4) is 0 Å². The van der Waals surface area contributed by atoms with Gasteiger partial charge in [0.25, 0.3) is 0 Å². The summed E-state index contributed by atoms with van der Waals surface area (Å²) in [6, 6.07) is 4.36. The fourth-order valence-corrected chi connectivity index (χ4v) is 4.94. The van der Waals surface area contributed by atoms with E-state index in [0.29, 0.717) is 12.5 Å². The number of hydrogen-bond acceptors (Lipinski definition) is 5. The molecule has 156 valence electrons. The largest absolute Gasteiger partial charge is 0.469 e. The van der Waals surface area contributed by atoms with Crippen LogP contribution in [-0.2, 0) is 16.1 Å². The number of nitrogens with one attached hydrogen (secondary N) is 1. The molecule has 1 aromatic rings. The molecule has 2 atom stereocenters. The predicted octanol–water partition coefficient (Wildman–Crippen LogP) is 2.67. The van der Waals surface area contributed by atoms with Gasteiger partial charge in [-0.05, 0) is 56.1 Å². The van der Waals surface area contributed by atoms with E-state index in [0.717, 1.165) is 45.2 Å². The summed E-state index contributed by atoms with van der Waals surface area (Å²) in [6.07, 6.45) is 2.41. The number of esters is 1. The molecule has 3 heterocycles. The van der Waals surface area contributed by atoms with E-state index >= 15 is 0 Å². The maximum atomic E-state index is 12.0. The lowest BCUT2D eigenvalue weighted by Gasteiger charge is -2.31. The van der Waals surface area contributed by atoms with Crippen molar-refractivity contribution in [3.63, 3.8) is 0 Å². The molecule has 1 N–H and O–H groups in total. The summed E-state index contributed by atoms with van der Waals surface area (Å²) in [7, 11) is 1.47. The van der Waals surface area contributed by atoms with Gasteiger partial charge in [0.15, 0.2) is 5.96 Å². The second-order valence-corrected chi connectivity index (χ2v) is 9.04. The number of aliphatic imine (C=N–C) groups is 1. The number of piperidine rings is 1. The number of hydrogen-bond donors (Lipinski definition) is 1. The van der Waals surface area contributed by atoms with Gasteiger partial charge in [0.05, 0.1) is 13.0 Å². The van der Waals surface area contributed by atoms with Gasteiger partial charge in [0.2, 0.25) is 0 Å². The average Bonchev–Trinajstić information content (AvgIpc) is 3.35. The Labute approximate surface area is 173 Å². The Bertz CT molecular complexity index is 641. The van der Waals surface area contributed by atoms with Gasteiger partial charge < -0.3 is 15.0 Å². The number of rotatable bonds is 6. The summed E-state index contributed by atoms with van der Waals surface area (Å²) >= 11 is 1.84. The molecule has 0 radical (unpaired) electrons. The van der Waals surface area contributed by atoms with E-state index in [9.17, 15) is 4.79 Å². The standard InChI is InChI=1S/C21H34N4O2S/c1-4-22-21(25-13-16(2)19(15-25)20(26)27-3)23-12-17-7-9-24(10-8-17)14-18-6-5-11-28-18/h5-6,11,16-17,19H,4,7-10,12-15H2,1-3H3,(H,22,23). The first-order valence-corrected chi connectivity index (χ1v) is 11.3. The Hall–Kier alpha value is -1.60. The number of guanidine groups is 1. The van der Waals surface area contributed by atoms with Crippen LogP contribution in [0, 0.1) is 17.8 Å². The van der Waals surface area contributed by atoms with Crippen molar-refractivity contribution in [1.29, 1.82) is 0 Å². The number of carbonyl (C=O) groups excluding carboxylic acids is 1. The quantitative estimate of drug-likeness (QED) is 0.447. The fourth-order valence-electron chi connectivity index (χ4n) is 4.19. The molecule has 0 aliphatic carbocycles. The first-order chi connectivity index (χ1) is 13.6. The SMILES string of the molecule is CCNC(=NCC1CCN(Cc2cccs2)CC1)N1CC(C)C(C(=O)OC)C1. The number of likely N-dealkylation sites (tertiary alicyclic amines) is 2. The lowest BCUT2D eigenvalue weighted by atomic mass is 9.97. The molecule has 6 nitrogen and oxygen atoms in total. The zero-order valence-electron chi connectivity index (χ0n) is 17.4. The molecule has 2 fully saturated rings. The first-order valence-electron chi connectivity index (χ1n) is 10.5. The third-order valence-corrected chi connectivity index (χ3v) is 6.78. The summed E-state index contributed by atoms with van der Waals surface area (Å²) in [6.45, 7) is 10.8.